The van der Waals surface area contributed by atoms with Crippen molar-refractivity contribution in [3.8, 4) is 0 Å². The predicted octanol–water partition coefficient (Wildman–Crippen LogP) is -0.0815. The number of nitrogens with zero attached hydrogens (tertiary/aromatic N) is 2. The van der Waals surface area contributed by atoms with Crippen LogP contribution in [-0.2, 0) is 9.84 Å². The Bertz CT molecular complexity index is 410. The Labute approximate surface area is 117 Å². The van der Waals surface area contributed by atoms with Gasteiger partial charge in [0.15, 0.2) is 9.84 Å². The van der Waals surface area contributed by atoms with Crippen LogP contribution in [0, 0.1) is 0 Å². The van der Waals surface area contributed by atoms with E-state index in [1.165, 1.54) is 6.42 Å². The zero-order valence-electron chi connectivity index (χ0n) is 12.1. The topological polar surface area (TPSA) is 66.6 Å². The lowest BCUT2D eigenvalue weighted by Gasteiger charge is -2.49. The first-order valence-electron chi connectivity index (χ1n) is 7.20. The van der Waals surface area contributed by atoms with Crippen molar-refractivity contribution in [2.24, 2.45) is 5.73 Å². The summed E-state index contributed by atoms with van der Waals surface area (Å²) >= 11 is 0. The van der Waals surface area contributed by atoms with Gasteiger partial charge in [0.2, 0.25) is 0 Å². The maximum Gasteiger partial charge on any atom is 0.152 e. The number of piperidine rings is 1. The summed E-state index contributed by atoms with van der Waals surface area (Å²) in [5.41, 5.74) is 5.68. The van der Waals surface area contributed by atoms with Gasteiger partial charge in [0.1, 0.15) is 0 Å². The molecule has 0 aromatic carbocycles. The van der Waals surface area contributed by atoms with E-state index in [1.807, 2.05) is 0 Å². The molecule has 2 atom stereocenters. The minimum Gasteiger partial charge on any atom is -0.329 e. The second kappa shape index (κ2) is 5.68. The summed E-state index contributed by atoms with van der Waals surface area (Å²) in [4.78, 5) is 4.60. The van der Waals surface area contributed by atoms with Crippen molar-refractivity contribution in [1.29, 1.82) is 0 Å². The average molecular weight is 289 g/mol. The fraction of sp³-hybridized carbons (Fsp3) is 1.00. The second-order valence-corrected chi connectivity index (χ2v) is 8.51. The maximum atomic E-state index is 12.0. The molecule has 0 amide bonds. The highest BCUT2D eigenvalue weighted by Crippen LogP contribution is 2.31. The van der Waals surface area contributed by atoms with Crippen molar-refractivity contribution in [2.75, 3.05) is 45.2 Å². The number of hydrogen-bond acceptors (Lipinski definition) is 5. The molecule has 5 nitrogen and oxygen atoms in total. The Morgan fingerprint density at radius 3 is 2.68 bits per heavy atom. The van der Waals surface area contributed by atoms with Crippen LogP contribution in [0.1, 0.15) is 25.7 Å². The Kier molecular flexibility index (Phi) is 4.55. The van der Waals surface area contributed by atoms with Gasteiger partial charge in [0.25, 0.3) is 0 Å². The van der Waals surface area contributed by atoms with Gasteiger partial charge < -0.3 is 10.6 Å². The molecule has 2 N–H and O–H groups in total. The Hall–Kier alpha value is -0.170. The van der Waals surface area contributed by atoms with Crippen molar-refractivity contribution in [3.05, 3.63) is 0 Å². The highest BCUT2D eigenvalue weighted by atomic mass is 32.2. The molecule has 0 aromatic rings. The third kappa shape index (κ3) is 3.29. The van der Waals surface area contributed by atoms with E-state index in [1.54, 1.807) is 0 Å². The van der Waals surface area contributed by atoms with E-state index >= 15 is 0 Å². The van der Waals surface area contributed by atoms with E-state index in [0.29, 0.717) is 18.3 Å². The highest BCUT2D eigenvalue weighted by molar-refractivity contribution is 7.91. The first kappa shape index (κ1) is 15.2. The number of nitrogens with two attached hydrogens (primary N) is 1. The fourth-order valence-electron chi connectivity index (χ4n) is 3.52. The molecular formula is C13H27N3O2S. The van der Waals surface area contributed by atoms with Crippen LogP contribution >= 0.6 is 0 Å². The van der Waals surface area contributed by atoms with E-state index in [0.717, 1.165) is 32.4 Å². The lowest BCUT2D eigenvalue weighted by molar-refractivity contribution is 0.0398. The monoisotopic (exact) mass is 289 g/mol. The van der Waals surface area contributed by atoms with E-state index in [9.17, 15) is 8.42 Å². The summed E-state index contributed by atoms with van der Waals surface area (Å²) in [5.74, 6) is 0.580. The minimum atomic E-state index is -2.92. The van der Waals surface area contributed by atoms with Gasteiger partial charge in [-0.2, -0.15) is 0 Å². The van der Waals surface area contributed by atoms with Crippen LogP contribution in [0.15, 0.2) is 0 Å². The van der Waals surface area contributed by atoms with Crippen LogP contribution in [0.4, 0.5) is 0 Å². The van der Waals surface area contributed by atoms with E-state index in [4.69, 9.17) is 5.73 Å². The van der Waals surface area contributed by atoms with Gasteiger partial charge in [-0.25, -0.2) is 8.42 Å². The molecule has 2 fully saturated rings. The molecule has 0 bridgehead atoms. The summed E-state index contributed by atoms with van der Waals surface area (Å²) < 4.78 is 24.0. The normalized spacial score (nSPS) is 36.5. The van der Waals surface area contributed by atoms with Crippen molar-refractivity contribution < 1.29 is 8.42 Å². The molecule has 0 aliphatic carbocycles. The molecular weight excluding hydrogens is 262 g/mol. The molecule has 2 saturated heterocycles. The maximum absolute atomic E-state index is 12.0. The SMILES string of the molecule is CN(C)C1CCCN(C2(CN)CCCS(=O)(=O)C2)C1. The molecule has 19 heavy (non-hydrogen) atoms. The molecule has 2 unspecified atom stereocenters. The quantitative estimate of drug-likeness (QED) is 0.787. The predicted molar refractivity (Wildman–Crippen MR) is 78.0 cm³/mol. The Morgan fingerprint density at radius 1 is 1.37 bits per heavy atom. The lowest BCUT2D eigenvalue weighted by atomic mass is 9.89. The average Bonchev–Trinajstić information content (AvgIpc) is 2.37. The number of hydrogen-bond donors (Lipinski definition) is 1. The van der Waals surface area contributed by atoms with Crippen molar-refractivity contribution in [3.63, 3.8) is 0 Å². The molecule has 0 aromatic heterocycles. The number of likely N-dealkylation sites (N-methyl/N-ethyl adjacent to an activating group) is 1. The first-order valence-corrected chi connectivity index (χ1v) is 9.03. The van der Waals surface area contributed by atoms with E-state index in [-0.39, 0.29) is 11.3 Å². The van der Waals surface area contributed by atoms with Gasteiger partial charge in [-0.15, -0.1) is 0 Å². The van der Waals surface area contributed by atoms with Crippen molar-refractivity contribution in [1.82, 2.24) is 9.80 Å². The van der Waals surface area contributed by atoms with Gasteiger partial charge in [0, 0.05) is 24.7 Å². The highest BCUT2D eigenvalue weighted by Gasteiger charge is 2.44. The molecule has 2 aliphatic heterocycles. The lowest BCUT2D eigenvalue weighted by Crippen LogP contribution is -2.63. The van der Waals surface area contributed by atoms with Gasteiger partial charge in [-0.1, -0.05) is 0 Å². The molecule has 6 heteroatoms. The zero-order valence-corrected chi connectivity index (χ0v) is 13.0. The fourth-order valence-corrected chi connectivity index (χ4v) is 5.51. The molecule has 2 rings (SSSR count). The number of sulfone groups is 1. The summed E-state index contributed by atoms with van der Waals surface area (Å²) in [6.07, 6.45) is 3.99. The molecule has 0 radical (unpaired) electrons. The van der Waals surface area contributed by atoms with E-state index in [2.05, 4.69) is 23.9 Å². The van der Waals surface area contributed by atoms with Crippen molar-refractivity contribution in [2.45, 2.75) is 37.3 Å². The number of likely N-dealkylation sites (tertiary alicyclic amines) is 1. The summed E-state index contributed by atoms with van der Waals surface area (Å²) in [6, 6.07) is 0.516. The minimum absolute atomic E-state index is 0.247. The van der Waals surface area contributed by atoms with Gasteiger partial charge >= 0.3 is 0 Å². The van der Waals surface area contributed by atoms with Crippen LogP contribution in [0.25, 0.3) is 0 Å². The first-order chi connectivity index (χ1) is 8.88. The van der Waals surface area contributed by atoms with E-state index < -0.39 is 9.84 Å². The third-order valence-corrected chi connectivity index (χ3v) is 6.65. The summed E-state index contributed by atoms with van der Waals surface area (Å²) in [6.45, 7) is 2.38. The van der Waals surface area contributed by atoms with Crippen LogP contribution < -0.4 is 5.73 Å². The molecule has 0 saturated carbocycles. The third-order valence-electron chi connectivity index (χ3n) is 4.76. The smallest absolute Gasteiger partial charge is 0.152 e. The second-order valence-electron chi connectivity index (χ2n) is 6.33. The molecule has 2 heterocycles. The molecule has 2 aliphatic rings. The van der Waals surface area contributed by atoms with Crippen LogP contribution in [0.3, 0.4) is 0 Å². The Morgan fingerprint density at radius 2 is 2.11 bits per heavy atom. The van der Waals surface area contributed by atoms with Crippen LogP contribution in [0.5, 0.6) is 0 Å². The molecule has 0 spiro atoms. The van der Waals surface area contributed by atoms with Crippen molar-refractivity contribution >= 4 is 9.84 Å². The largest absolute Gasteiger partial charge is 0.329 e. The summed E-state index contributed by atoms with van der Waals surface area (Å²) in [5, 5.41) is 0. The Balaban J connectivity index is 2.16. The summed E-state index contributed by atoms with van der Waals surface area (Å²) in [7, 11) is 1.27. The van der Waals surface area contributed by atoms with Gasteiger partial charge in [-0.05, 0) is 46.3 Å². The zero-order chi connectivity index (χ0) is 14.1. The standard InChI is InChI=1S/C13H27N3O2S/c1-15(2)12-5-3-7-16(9-12)13(10-14)6-4-8-19(17,18)11-13/h12H,3-11,14H2,1-2H3. The van der Waals surface area contributed by atoms with Crippen LogP contribution in [0.2, 0.25) is 0 Å². The van der Waals surface area contributed by atoms with Crippen LogP contribution in [-0.4, -0.2) is 75.0 Å². The molecule has 112 valence electrons. The van der Waals surface area contributed by atoms with Gasteiger partial charge in [-0.3, -0.25) is 4.90 Å². The number of rotatable bonds is 3. The van der Waals surface area contributed by atoms with Gasteiger partial charge in [0.05, 0.1) is 11.5 Å².